The smallest absolute Gasteiger partial charge is 0.0998 e. The third kappa shape index (κ3) is 3.72. The van der Waals surface area contributed by atoms with Gasteiger partial charge in [0.15, 0.2) is 0 Å². The Kier molecular flexibility index (Phi) is 6.07. The lowest BCUT2D eigenvalue weighted by atomic mass is 9.43. The van der Waals surface area contributed by atoms with E-state index in [2.05, 4.69) is 25.8 Å². The number of nitrogens with zero attached hydrogens (tertiary/aromatic N) is 2. The molecule has 2 aromatic heterocycles. The van der Waals surface area contributed by atoms with Gasteiger partial charge in [0, 0.05) is 6.20 Å². The largest absolute Gasteiger partial charge is 0.393 e. The topological polar surface area (TPSA) is 86.5 Å². The van der Waals surface area contributed by atoms with E-state index in [4.69, 9.17) is 4.98 Å². The van der Waals surface area contributed by atoms with Crippen LogP contribution in [0.3, 0.4) is 0 Å². The van der Waals surface area contributed by atoms with Gasteiger partial charge >= 0.3 is 0 Å². The van der Waals surface area contributed by atoms with Gasteiger partial charge in [-0.1, -0.05) is 20.8 Å². The van der Waals surface area contributed by atoms with E-state index in [0.717, 1.165) is 63.3 Å². The van der Waals surface area contributed by atoms with Crippen molar-refractivity contribution in [3.63, 3.8) is 0 Å². The minimum absolute atomic E-state index is 0.129. The molecular formula is C29H42N2O3S. The predicted octanol–water partition coefficient (Wildman–Crippen LogP) is 5.22. The lowest BCUT2D eigenvalue weighted by molar-refractivity contribution is -0.207. The second kappa shape index (κ2) is 8.75. The van der Waals surface area contributed by atoms with Gasteiger partial charge in [-0.25, -0.2) is 4.98 Å². The minimum Gasteiger partial charge on any atom is -0.393 e. The van der Waals surface area contributed by atoms with Crippen LogP contribution in [-0.2, 0) is 6.42 Å². The number of aliphatic hydroxyl groups excluding tert-OH is 3. The van der Waals surface area contributed by atoms with E-state index in [0.29, 0.717) is 29.6 Å². The molecule has 0 amide bonds. The van der Waals surface area contributed by atoms with Crippen LogP contribution < -0.4 is 0 Å². The number of pyridine rings is 1. The fourth-order valence-electron chi connectivity index (χ4n) is 9.62. The monoisotopic (exact) mass is 498 g/mol. The molecule has 11 atom stereocenters. The second-order valence-corrected chi connectivity index (χ2v) is 14.1. The highest BCUT2D eigenvalue weighted by Gasteiger charge is 2.65. The van der Waals surface area contributed by atoms with Crippen molar-refractivity contribution in [3.8, 4) is 0 Å². The Morgan fingerprint density at radius 2 is 1.91 bits per heavy atom. The van der Waals surface area contributed by atoms with Gasteiger partial charge in [0.25, 0.3) is 0 Å². The van der Waals surface area contributed by atoms with Crippen LogP contribution in [0.5, 0.6) is 0 Å². The van der Waals surface area contributed by atoms with Gasteiger partial charge in [0.2, 0.25) is 0 Å². The van der Waals surface area contributed by atoms with Crippen LogP contribution in [0.1, 0.15) is 77.1 Å². The number of aromatic nitrogens is 2. The van der Waals surface area contributed by atoms with Crippen LogP contribution in [-0.4, -0.2) is 43.6 Å². The van der Waals surface area contributed by atoms with Crippen molar-refractivity contribution >= 4 is 21.6 Å². The molecule has 4 saturated carbocycles. The molecule has 35 heavy (non-hydrogen) atoms. The minimum atomic E-state index is -0.313. The molecule has 4 fully saturated rings. The first-order chi connectivity index (χ1) is 16.7. The zero-order chi connectivity index (χ0) is 24.5. The van der Waals surface area contributed by atoms with Crippen molar-refractivity contribution in [1.29, 1.82) is 0 Å². The summed E-state index contributed by atoms with van der Waals surface area (Å²) in [5.41, 5.74) is 1.00. The van der Waals surface area contributed by atoms with E-state index >= 15 is 0 Å². The summed E-state index contributed by atoms with van der Waals surface area (Å²) >= 11 is 1.78. The Bertz CT molecular complexity index is 1040. The summed E-state index contributed by atoms with van der Waals surface area (Å²) in [5.74, 6) is 2.40. The lowest BCUT2D eigenvalue weighted by Gasteiger charge is -2.63. The van der Waals surface area contributed by atoms with Crippen LogP contribution in [0.15, 0.2) is 18.5 Å². The maximum absolute atomic E-state index is 11.8. The molecule has 4 aliphatic rings. The summed E-state index contributed by atoms with van der Waals surface area (Å²) in [6, 6.07) is 2.05. The van der Waals surface area contributed by atoms with Crippen LogP contribution in [0, 0.1) is 46.3 Å². The summed E-state index contributed by atoms with van der Waals surface area (Å²) in [4.78, 5) is 9.00. The SMILES string of the molecule is CC(CCc1nc2cnccc2s1)[C@H]1CC[C@H]2[C@@H]3[C@H](O)C[C@@H]4C[C@H](O)CC[C@]4(C)[C@H]3C[C@H](O)[C@]12C. The zero-order valence-electron chi connectivity index (χ0n) is 21.4. The van der Waals surface area contributed by atoms with Gasteiger partial charge < -0.3 is 15.3 Å². The number of rotatable bonds is 4. The highest BCUT2D eigenvalue weighted by atomic mass is 32.1. The van der Waals surface area contributed by atoms with Crippen LogP contribution >= 0.6 is 11.3 Å². The molecule has 0 bridgehead atoms. The highest BCUT2D eigenvalue weighted by Crippen LogP contribution is 2.68. The van der Waals surface area contributed by atoms with E-state index in [1.165, 1.54) is 9.71 Å². The highest BCUT2D eigenvalue weighted by molar-refractivity contribution is 7.18. The molecule has 1 unspecified atom stereocenters. The molecule has 6 heteroatoms. The fourth-order valence-corrected chi connectivity index (χ4v) is 10.6. The number of aliphatic hydroxyl groups is 3. The Morgan fingerprint density at radius 1 is 1.09 bits per heavy atom. The molecule has 2 aromatic rings. The summed E-state index contributed by atoms with van der Waals surface area (Å²) in [6.07, 6.45) is 11.5. The average molecular weight is 499 g/mol. The number of fused-ring (bicyclic) bond motifs is 6. The quantitative estimate of drug-likeness (QED) is 0.538. The first kappa shape index (κ1) is 24.3. The molecule has 0 aliphatic heterocycles. The standard InChI is InChI=1S/C29H42N2O3S/c1-16(4-7-26-31-22-15-30-11-9-24(22)35-26)19-5-6-20-27-21(14-25(34)29(19,20)3)28(2)10-8-18(32)12-17(28)13-23(27)33/h9,11,15-21,23,25,27,32-34H,4-8,10,12-14H2,1-3H3/t16?,17-,18+,19+,20-,21-,23+,25-,27-,28-,29+/m0/s1. The van der Waals surface area contributed by atoms with Crippen molar-refractivity contribution in [2.75, 3.05) is 0 Å². The van der Waals surface area contributed by atoms with Crippen molar-refractivity contribution in [2.24, 2.45) is 46.3 Å². The molecule has 0 spiro atoms. The molecule has 0 aromatic carbocycles. The normalized spacial score (nSPS) is 46.1. The van der Waals surface area contributed by atoms with E-state index < -0.39 is 0 Å². The van der Waals surface area contributed by atoms with Crippen molar-refractivity contribution < 1.29 is 15.3 Å². The number of hydrogen-bond acceptors (Lipinski definition) is 6. The Labute approximate surface area is 213 Å². The molecule has 3 N–H and O–H groups in total. The van der Waals surface area contributed by atoms with Gasteiger partial charge in [0.05, 0.1) is 39.7 Å². The maximum Gasteiger partial charge on any atom is 0.0998 e. The fraction of sp³-hybridized carbons (Fsp3) is 0.793. The van der Waals surface area contributed by atoms with Crippen molar-refractivity contribution in [2.45, 2.75) is 96.9 Å². The first-order valence-corrected chi connectivity index (χ1v) is 14.8. The van der Waals surface area contributed by atoms with E-state index in [1.807, 2.05) is 18.5 Å². The molecule has 6 rings (SSSR count). The van der Waals surface area contributed by atoms with Gasteiger partial charge in [-0.15, -0.1) is 11.3 Å². The molecular weight excluding hydrogens is 456 g/mol. The molecule has 4 aliphatic carbocycles. The second-order valence-electron chi connectivity index (χ2n) is 13.0. The third-order valence-corrected chi connectivity index (χ3v) is 12.7. The molecule has 5 nitrogen and oxygen atoms in total. The van der Waals surface area contributed by atoms with Crippen molar-refractivity contribution in [3.05, 3.63) is 23.5 Å². The maximum atomic E-state index is 11.8. The first-order valence-electron chi connectivity index (χ1n) is 14.0. The number of hydrogen-bond donors (Lipinski definition) is 3. The van der Waals surface area contributed by atoms with E-state index in [1.54, 1.807) is 11.3 Å². The summed E-state index contributed by atoms with van der Waals surface area (Å²) in [7, 11) is 0. The molecule has 0 radical (unpaired) electrons. The van der Waals surface area contributed by atoms with Gasteiger partial charge in [-0.2, -0.15) is 0 Å². The van der Waals surface area contributed by atoms with E-state index in [9.17, 15) is 15.3 Å². The molecule has 0 saturated heterocycles. The predicted molar refractivity (Wildman–Crippen MR) is 139 cm³/mol. The van der Waals surface area contributed by atoms with Gasteiger partial charge in [-0.3, -0.25) is 4.98 Å². The number of thiazole rings is 1. The van der Waals surface area contributed by atoms with Gasteiger partial charge in [-0.05, 0) is 110 Å². The van der Waals surface area contributed by atoms with Crippen LogP contribution in [0.2, 0.25) is 0 Å². The Balaban J connectivity index is 1.21. The third-order valence-electron chi connectivity index (χ3n) is 11.6. The zero-order valence-corrected chi connectivity index (χ0v) is 22.3. The van der Waals surface area contributed by atoms with Crippen LogP contribution in [0.25, 0.3) is 10.2 Å². The van der Waals surface area contributed by atoms with Crippen molar-refractivity contribution in [1.82, 2.24) is 9.97 Å². The van der Waals surface area contributed by atoms with Gasteiger partial charge in [0.1, 0.15) is 0 Å². The molecule has 2 heterocycles. The number of aryl methyl sites for hydroxylation is 1. The molecule has 192 valence electrons. The Hall–Kier alpha value is -1.08. The Morgan fingerprint density at radius 3 is 2.71 bits per heavy atom. The summed E-state index contributed by atoms with van der Waals surface area (Å²) in [6.45, 7) is 7.13. The summed E-state index contributed by atoms with van der Waals surface area (Å²) in [5, 5.41) is 34.7. The average Bonchev–Trinajstić information content (AvgIpc) is 3.41. The lowest BCUT2D eigenvalue weighted by Crippen LogP contribution is -2.62. The van der Waals surface area contributed by atoms with E-state index in [-0.39, 0.29) is 35.1 Å². The van der Waals surface area contributed by atoms with Crippen LogP contribution in [0.4, 0.5) is 0 Å². The summed E-state index contributed by atoms with van der Waals surface area (Å²) < 4.78 is 1.21.